The van der Waals surface area contributed by atoms with Gasteiger partial charge < -0.3 is 10.4 Å². The molecule has 2 unspecified atom stereocenters. The molecule has 2 nitrogen and oxygen atoms in total. The summed E-state index contributed by atoms with van der Waals surface area (Å²) in [7, 11) is 0. The van der Waals surface area contributed by atoms with Crippen LogP contribution >= 0.6 is 0 Å². The van der Waals surface area contributed by atoms with Gasteiger partial charge in [-0.15, -0.1) is 0 Å². The molecule has 11 heavy (non-hydrogen) atoms. The molecule has 1 aliphatic carbocycles. The summed E-state index contributed by atoms with van der Waals surface area (Å²) in [5.41, 5.74) is 0. The van der Waals surface area contributed by atoms with Crippen molar-refractivity contribution in [1.29, 1.82) is 0 Å². The van der Waals surface area contributed by atoms with E-state index in [1.807, 2.05) is 6.92 Å². The fraction of sp³-hybridized carbons (Fsp3) is 1.00. The molecule has 0 aromatic heterocycles. The zero-order valence-electron chi connectivity index (χ0n) is 7.51. The van der Waals surface area contributed by atoms with Crippen LogP contribution in [0, 0.1) is 5.92 Å². The van der Waals surface area contributed by atoms with E-state index in [4.69, 9.17) is 5.11 Å². The van der Waals surface area contributed by atoms with Crippen LogP contribution in [0.25, 0.3) is 0 Å². The molecule has 0 saturated heterocycles. The Morgan fingerprint density at radius 2 is 2.18 bits per heavy atom. The van der Waals surface area contributed by atoms with Gasteiger partial charge >= 0.3 is 0 Å². The van der Waals surface area contributed by atoms with E-state index in [-0.39, 0.29) is 6.10 Å². The van der Waals surface area contributed by atoms with Crippen molar-refractivity contribution < 1.29 is 5.11 Å². The lowest BCUT2D eigenvalue weighted by molar-refractivity contribution is 0.183. The smallest absolute Gasteiger partial charge is 0.0636 e. The third-order valence-corrected chi connectivity index (χ3v) is 2.31. The van der Waals surface area contributed by atoms with Crippen molar-refractivity contribution in [2.75, 3.05) is 6.54 Å². The van der Waals surface area contributed by atoms with E-state index in [1.54, 1.807) is 0 Å². The van der Waals surface area contributed by atoms with Gasteiger partial charge in [-0.2, -0.15) is 0 Å². The molecule has 0 amide bonds. The van der Waals surface area contributed by atoms with E-state index >= 15 is 0 Å². The van der Waals surface area contributed by atoms with E-state index in [0.717, 1.165) is 12.5 Å². The third kappa shape index (κ3) is 3.21. The van der Waals surface area contributed by atoms with Crippen molar-refractivity contribution in [3.8, 4) is 0 Å². The molecule has 0 bridgehead atoms. The highest BCUT2D eigenvalue weighted by molar-refractivity contribution is 4.85. The van der Waals surface area contributed by atoms with Gasteiger partial charge in [0.25, 0.3) is 0 Å². The average Bonchev–Trinajstić information content (AvgIpc) is 2.72. The maximum absolute atomic E-state index is 9.04. The Morgan fingerprint density at radius 3 is 2.55 bits per heavy atom. The maximum Gasteiger partial charge on any atom is 0.0636 e. The van der Waals surface area contributed by atoms with E-state index in [9.17, 15) is 0 Å². The van der Waals surface area contributed by atoms with Gasteiger partial charge in [0.2, 0.25) is 0 Å². The van der Waals surface area contributed by atoms with Crippen molar-refractivity contribution >= 4 is 0 Å². The summed E-state index contributed by atoms with van der Waals surface area (Å²) < 4.78 is 0. The second kappa shape index (κ2) is 4.07. The quantitative estimate of drug-likeness (QED) is 0.627. The molecule has 1 fully saturated rings. The number of aliphatic hydroxyl groups is 1. The number of hydrogen-bond donors (Lipinski definition) is 2. The normalized spacial score (nSPS) is 23.2. The SMILES string of the molecule is CCC(NCC(C)O)C1CC1. The van der Waals surface area contributed by atoms with Crippen LogP contribution in [0.4, 0.5) is 0 Å². The van der Waals surface area contributed by atoms with E-state index in [0.29, 0.717) is 6.04 Å². The molecule has 0 aliphatic heterocycles. The van der Waals surface area contributed by atoms with E-state index in [1.165, 1.54) is 19.3 Å². The zero-order valence-corrected chi connectivity index (χ0v) is 7.51. The van der Waals surface area contributed by atoms with Gasteiger partial charge in [-0.3, -0.25) is 0 Å². The van der Waals surface area contributed by atoms with E-state index < -0.39 is 0 Å². The monoisotopic (exact) mass is 157 g/mol. The second-order valence-electron chi connectivity index (χ2n) is 3.61. The Labute approximate surface area is 69.0 Å². The Balaban J connectivity index is 2.10. The van der Waals surface area contributed by atoms with Crippen LogP contribution in [-0.2, 0) is 0 Å². The second-order valence-corrected chi connectivity index (χ2v) is 3.61. The lowest BCUT2D eigenvalue weighted by Gasteiger charge is -2.16. The predicted molar refractivity (Wildman–Crippen MR) is 46.5 cm³/mol. The highest BCUT2D eigenvalue weighted by Crippen LogP contribution is 2.33. The van der Waals surface area contributed by atoms with Crippen LogP contribution in [0.3, 0.4) is 0 Å². The van der Waals surface area contributed by atoms with Crippen LogP contribution in [0.5, 0.6) is 0 Å². The Morgan fingerprint density at radius 1 is 1.55 bits per heavy atom. The molecule has 0 aromatic carbocycles. The summed E-state index contributed by atoms with van der Waals surface area (Å²) >= 11 is 0. The lowest BCUT2D eigenvalue weighted by Crippen LogP contribution is -2.35. The minimum Gasteiger partial charge on any atom is -0.392 e. The van der Waals surface area contributed by atoms with Crippen LogP contribution in [-0.4, -0.2) is 23.8 Å². The summed E-state index contributed by atoms with van der Waals surface area (Å²) in [5.74, 6) is 0.902. The summed E-state index contributed by atoms with van der Waals surface area (Å²) in [5, 5.41) is 12.4. The average molecular weight is 157 g/mol. The Bertz CT molecular complexity index is 110. The molecular formula is C9H19NO. The first kappa shape index (κ1) is 9.01. The van der Waals surface area contributed by atoms with Crippen molar-refractivity contribution in [3.05, 3.63) is 0 Å². The van der Waals surface area contributed by atoms with Gasteiger partial charge in [0, 0.05) is 12.6 Å². The van der Waals surface area contributed by atoms with Crippen LogP contribution < -0.4 is 5.32 Å². The number of hydrogen-bond acceptors (Lipinski definition) is 2. The standard InChI is InChI=1S/C9H19NO/c1-3-9(8-4-5-8)10-6-7(2)11/h7-11H,3-6H2,1-2H3. The minimum absolute atomic E-state index is 0.206. The third-order valence-electron chi connectivity index (χ3n) is 2.31. The number of nitrogens with one attached hydrogen (secondary N) is 1. The Hall–Kier alpha value is -0.0800. The number of rotatable bonds is 5. The molecule has 1 aliphatic rings. The minimum atomic E-state index is -0.206. The van der Waals surface area contributed by atoms with Crippen molar-refractivity contribution in [2.45, 2.75) is 45.3 Å². The first-order valence-corrected chi connectivity index (χ1v) is 4.65. The highest BCUT2D eigenvalue weighted by Gasteiger charge is 2.29. The molecule has 2 heteroatoms. The van der Waals surface area contributed by atoms with Gasteiger partial charge in [0.1, 0.15) is 0 Å². The summed E-state index contributed by atoms with van der Waals surface area (Å²) in [6.45, 7) is 4.78. The predicted octanol–water partition coefficient (Wildman–Crippen LogP) is 1.15. The van der Waals surface area contributed by atoms with Crippen LogP contribution in [0.15, 0.2) is 0 Å². The summed E-state index contributed by atoms with van der Waals surface area (Å²) in [6, 6.07) is 0.657. The van der Waals surface area contributed by atoms with Gasteiger partial charge in [-0.05, 0) is 32.1 Å². The van der Waals surface area contributed by atoms with Crippen LogP contribution in [0.1, 0.15) is 33.1 Å². The molecule has 1 rings (SSSR count). The molecule has 2 atom stereocenters. The molecule has 66 valence electrons. The fourth-order valence-electron chi connectivity index (χ4n) is 1.46. The first-order valence-electron chi connectivity index (χ1n) is 4.65. The molecule has 0 heterocycles. The van der Waals surface area contributed by atoms with Crippen LogP contribution in [0.2, 0.25) is 0 Å². The molecular weight excluding hydrogens is 138 g/mol. The molecule has 0 spiro atoms. The maximum atomic E-state index is 9.04. The number of aliphatic hydroxyl groups excluding tert-OH is 1. The van der Waals surface area contributed by atoms with Crippen molar-refractivity contribution in [3.63, 3.8) is 0 Å². The van der Waals surface area contributed by atoms with Gasteiger partial charge in [-0.1, -0.05) is 6.92 Å². The van der Waals surface area contributed by atoms with Crippen molar-refractivity contribution in [2.24, 2.45) is 5.92 Å². The van der Waals surface area contributed by atoms with Gasteiger partial charge in [-0.25, -0.2) is 0 Å². The summed E-state index contributed by atoms with van der Waals surface area (Å²) in [4.78, 5) is 0. The molecule has 2 N–H and O–H groups in total. The van der Waals surface area contributed by atoms with E-state index in [2.05, 4.69) is 12.2 Å². The lowest BCUT2D eigenvalue weighted by atomic mass is 10.1. The molecule has 0 radical (unpaired) electrons. The fourth-order valence-corrected chi connectivity index (χ4v) is 1.46. The zero-order chi connectivity index (χ0) is 8.27. The summed E-state index contributed by atoms with van der Waals surface area (Å²) in [6.07, 6.45) is 3.75. The Kier molecular flexibility index (Phi) is 3.34. The van der Waals surface area contributed by atoms with Crippen molar-refractivity contribution in [1.82, 2.24) is 5.32 Å². The molecule has 1 saturated carbocycles. The highest BCUT2D eigenvalue weighted by atomic mass is 16.3. The van der Waals surface area contributed by atoms with Gasteiger partial charge in [0.15, 0.2) is 0 Å². The first-order chi connectivity index (χ1) is 5.24. The van der Waals surface area contributed by atoms with Gasteiger partial charge in [0.05, 0.1) is 6.10 Å². The topological polar surface area (TPSA) is 32.3 Å². The largest absolute Gasteiger partial charge is 0.392 e. The molecule has 0 aromatic rings.